The fourth-order valence-corrected chi connectivity index (χ4v) is 2.19. The number of carbonyl (C=O) groups is 1. The zero-order chi connectivity index (χ0) is 18.0. The minimum atomic E-state index is -2.84. The number of oxazole rings is 1. The molecule has 0 atom stereocenters. The van der Waals surface area contributed by atoms with Crippen molar-refractivity contribution in [3.63, 3.8) is 0 Å². The molecule has 2 heterocycles. The molecule has 0 aliphatic carbocycles. The monoisotopic (exact) mass is 350 g/mol. The van der Waals surface area contributed by atoms with Gasteiger partial charge in [-0.25, -0.2) is 14.1 Å². The Morgan fingerprint density at radius 3 is 2.80 bits per heavy atom. The van der Waals surface area contributed by atoms with E-state index in [1.54, 1.807) is 12.4 Å². The topological polar surface area (TPSA) is 73.0 Å². The number of hydrogen-bond donors (Lipinski definition) is 1. The lowest BCUT2D eigenvalue weighted by molar-refractivity contribution is -0.115. The van der Waals surface area contributed by atoms with E-state index in [0.29, 0.717) is 0 Å². The number of nitrogens with zero attached hydrogens (tertiary/aromatic N) is 3. The lowest BCUT2D eigenvalue weighted by Gasteiger charge is -2.07. The SMILES string of the molecule is Cc1cnn(-c2ccc(NC(=O)Cc3coc(C(F)F)n3)cc2F)c1. The van der Waals surface area contributed by atoms with Gasteiger partial charge in [0, 0.05) is 11.9 Å². The number of rotatable bonds is 5. The molecule has 130 valence electrons. The molecule has 1 amide bonds. The first-order valence-corrected chi connectivity index (χ1v) is 7.26. The molecule has 0 radical (unpaired) electrons. The molecule has 25 heavy (non-hydrogen) atoms. The van der Waals surface area contributed by atoms with Gasteiger partial charge in [0.25, 0.3) is 5.89 Å². The van der Waals surface area contributed by atoms with Crippen LogP contribution in [0.15, 0.2) is 41.3 Å². The van der Waals surface area contributed by atoms with Crippen molar-refractivity contribution in [1.82, 2.24) is 14.8 Å². The molecule has 0 aliphatic heterocycles. The predicted octanol–water partition coefficient (Wildman–Crippen LogP) is 3.43. The van der Waals surface area contributed by atoms with Gasteiger partial charge in [0.15, 0.2) is 5.82 Å². The largest absolute Gasteiger partial charge is 0.444 e. The molecule has 2 aromatic heterocycles. The van der Waals surface area contributed by atoms with E-state index >= 15 is 0 Å². The van der Waals surface area contributed by atoms with Crippen LogP contribution in [0.3, 0.4) is 0 Å². The summed E-state index contributed by atoms with van der Waals surface area (Å²) in [5.74, 6) is -1.84. The van der Waals surface area contributed by atoms with Gasteiger partial charge in [0.2, 0.25) is 5.91 Å². The predicted molar refractivity (Wildman–Crippen MR) is 82.1 cm³/mol. The van der Waals surface area contributed by atoms with Gasteiger partial charge in [-0.3, -0.25) is 4.79 Å². The van der Waals surface area contributed by atoms with Gasteiger partial charge in [-0.1, -0.05) is 0 Å². The van der Waals surface area contributed by atoms with Crippen LogP contribution < -0.4 is 5.32 Å². The summed E-state index contributed by atoms with van der Waals surface area (Å²) in [5.41, 5.74) is 1.42. The molecule has 1 aromatic carbocycles. The van der Waals surface area contributed by atoms with Crippen LogP contribution >= 0.6 is 0 Å². The number of benzene rings is 1. The van der Waals surface area contributed by atoms with Crippen molar-refractivity contribution in [3.05, 3.63) is 59.8 Å². The smallest absolute Gasteiger partial charge is 0.313 e. The van der Waals surface area contributed by atoms with Crippen molar-refractivity contribution in [2.45, 2.75) is 19.8 Å². The Balaban J connectivity index is 1.68. The molecule has 1 N–H and O–H groups in total. The second-order valence-corrected chi connectivity index (χ2v) is 5.33. The van der Waals surface area contributed by atoms with Gasteiger partial charge >= 0.3 is 6.43 Å². The molecule has 0 fully saturated rings. The summed E-state index contributed by atoms with van der Waals surface area (Å²) in [5, 5.41) is 6.50. The highest BCUT2D eigenvalue weighted by Crippen LogP contribution is 2.20. The van der Waals surface area contributed by atoms with Crippen LogP contribution in [-0.2, 0) is 11.2 Å². The number of aromatic nitrogens is 3. The maximum atomic E-state index is 14.2. The molecular formula is C16H13F3N4O2. The van der Waals surface area contributed by atoms with E-state index < -0.39 is 24.0 Å². The maximum absolute atomic E-state index is 14.2. The van der Waals surface area contributed by atoms with Gasteiger partial charge < -0.3 is 9.73 Å². The van der Waals surface area contributed by atoms with E-state index in [0.717, 1.165) is 17.9 Å². The number of amides is 1. The summed E-state index contributed by atoms with van der Waals surface area (Å²) in [4.78, 5) is 15.4. The maximum Gasteiger partial charge on any atom is 0.313 e. The van der Waals surface area contributed by atoms with E-state index in [9.17, 15) is 18.0 Å². The fourth-order valence-electron chi connectivity index (χ4n) is 2.19. The van der Waals surface area contributed by atoms with E-state index in [1.807, 2.05) is 6.92 Å². The Morgan fingerprint density at radius 2 is 2.20 bits per heavy atom. The van der Waals surface area contributed by atoms with Gasteiger partial charge in [0.1, 0.15) is 12.0 Å². The summed E-state index contributed by atoms with van der Waals surface area (Å²) in [6, 6.07) is 4.14. The molecule has 3 rings (SSSR count). The highest BCUT2D eigenvalue weighted by atomic mass is 19.3. The summed E-state index contributed by atoms with van der Waals surface area (Å²) in [7, 11) is 0. The fraction of sp³-hybridized carbons (Fsp3) is 0.188. The van der Waals surface area contributed by atoms with Crippen LogP contribution in [0.25, 0.3) is 5.69 Å². The highest BCUT2D eigenvalue weighted by molar-refractivity contribution is 5.92. The molecular weight excluding hydrogens is 337 g/mol. The van der Waals surface area contributed by atoms with Gasteiger partial charge in [0.05, 0.1) is 18.3 Å². The molecule has 0 saturated carbocycles. The third-order valence-electron chi connectivity index (χ3n) is 3.29. The number of alkyl halides is 2. The zero-order valence-corrected chi connectivity index (χ0v) is 13.0. The molecule has 0 unspecified atom stereocenters. The molecule has 9 heteroatoms. The van der Waals surface area contributed by atoms with Crippen LogP contribution in [0.5, 0.6) is 0 Å². The third-order valence-corrected chi connectivity index (χ3v) is 3.29. The lowest BCUT2D eigenvalue weighted by Crippen LogP contribution is -2.15. The Hall–Kier alpha value is -3.10. The Kier molecular flexibility index (Phi) is 4.55. The number of nitrogens with one attached hydrogen (secondary N) is 1. The lowest BCUT2D eigenvalue weighted by atomic mass is 10.2. The van der Waals surface area contributed by atoms with Crippen molar-refractivity contribution in [2.24, 2.45) is 0 Å². The van der Waals surface area contributed by atoms with Crippen LogP contribution in [0, 0.1) is 12.7 Å². The van der Waals surface area contributed by atoms with Crippen LogP contribution in [0.1, 0.15) is 23.6 Å². The Labute approximate surface area is 140 Å². The van der Waals surface area contributed by atoms with E-state index in [2.05, 4.69) is 19.8 Å². The van der Waals surface area contributed by atoms with Crippen molar-refractivity contribution < 1.29 is 22.4 Å². The molecule has 0 aliphatic rings. The van der Waals surface area contributed by atoms with Gasteiger partial charge in [-0.2, -0.15) is 13.9 Å². The number of hydrogen-bond acceptors (Lipinski definition) is 4. The highest BCUT2D eigenvalue weighted by Gasteiger charge is 2.16. The summed E-state index contributed by atoms with van der Waals surface area (Å²) in [6.07, 6.45) is 1.15. The minimum Gasteiger partial charge on any atom is -0.444 e. The average molecular weight is 350 g/mol. The number of anilines is 1. The standard InChI is InChI=1S/C16H13F3N4O2/c1-9-6-20-23(7-9)13-3-2-10(4-12(13)17)21-14(24)5-11-8-25-16(22-11)15(18)19/h2-4,6-8,15H,5H2,1H3,(H,21,24). The normalized spacial score (nSPS) is 11.1. The van der Waals surface area contributed by atoms with Crippen molar-refractivity contribution in [1.29, 1.82) is 0 Å². The summed E-state index contributed by atoms with van der Waals surface area (Å²) in [6.45, 7) is 1.83. The van der Waals surface area contributed by atoms with E-state index in [-0.39, 0.29) is 23.5 Å². The number of aryl methyl sites for hydroxylation is 1. The third kappa shape index (κ3) is 3.87. The summed E-state index contributed by atoms with van der Waals surface area (Å²) >= 11 is 0. The quantitative estimate of drug-likeness (QED) is 0.765. The van der Waals surface area contributed by atoms with Crippen LogP contribution in [-0.4, -0.2) is 20.7 Å². The van der Waals surface area contributed by atoms with E-state index in [1.165, 1.54) is 16.8 Å². The zero-order valence-electron chi connectivity index (χ0n) is 13.0. The number of halogens is 3. The Bertz CT molecular complexity index is 904. The van der Waals surface area contributed by atoms with Crippen LogP contribution in [0.2, 0.25) is 0 Å². The van der Waals surface area contributed by atoms with Crippen LogP contribution in [0.4, 0.5) is 18.9 Å². The molecule has 3 aromatic rings. The van der Waals surface area contributed by atoms with Gasteiger partial charge in [-0.05, 0) is 30.7 Å². The Morgan fingerprint density at radius 1 is 1.40 bits per heavy atom. The molecule has 0 saturated heterocycles. The second-order valence-electron chi connectivity index (χ2n) is 5.33. The summed E-state index contributed by atoms with van der Waals surface area (Å²) < 4.78 is 44.9. The van der Waals surface area contributed by atoms with Crippen molar-refractivity contribution in [3.8, 4) is 5.69 Å². The average Bonchev–Trinajstić information content (AvgIpc) is 3.16. The molecule has 0 spiro atoms. The van der Waals surface area contributed by atoms with Gasteiger partial charge in [-0.15, -0.1) is 0 Å². The molecule has 6 nitrogen and oxygen atoms in total. The van der Waals surface area contributed by atoms with E-state index in [4.69, 9.17) is 0 Å². The minimum absolute atomic E-state index is 0.0666. The first kappa shape index (κ1) is 16.7. The number of carbonyl (C=O) groups excluding carboxylic acids is 1. The first-order chi connectivity index (χ1) is 11.9. The first-order valence-electron chi connectivity index (χ1n) is 7.26. The van der Waals surface area contributed by atoms with Crippen molar-refractivity contribution >= 4 is 11.6 Å². The van der Waals surface area contributed by atoms with Crippen molar-refractivity contribution in [2.75, 3.05) is 5.32 Å². The molecule has 0 bridgehead atoms. The second kappa shape index (κ2) is 6.80.